The molecule has 5 heteroatoms. The molecule has 0 fully saturated rings. The molecule has 1 heterocycles. The van der Waals surface area contributed by atoms with Crippen LogP contribution in [-0.4, -0.2) is 6.54 Å². The molecule has 0 saturated heterocycles. The van der Waals surface area contributed by atoms with Gasteiger partial charge in [0.1, 0.15) is 11.6 Å². The van der Waals surface area contributed by atoms with Gasteiger partial charge in [0.05, 0.1) is 9.83 Å². The zero-order chi connectivity index (χ0) is 14.7. The zero-order valence-electron chi connectivity index (χ0n) is 11.3. The second-order valence-electron chi connectivity index (χ2n) is 4.58. The molecule has 0 aliphatic rings. The molecule has 0 aliphatic heterocycles. The third kappa shape index (κ3) is 3.27. The molecule has 0 spiro atoms. The topological polar surface area (TPSA) is 12.0 Å². The number of benzene rings is 1. The van der Waals surface area contributed by atoms with Crippen molar-refractivity contribution in [2.75, 3.05) is 6.54 Å². The van der Waals surface area contributed by atoms with Gasteiger partial charge in [-0.1, -0.05) is 13.0 Å². The van der Waals surface area contributed by atoms with E-state index in [2.05, 4.69) is 21.2 Å². The number of aryl methyl sites for hydroxylation is 1. The summed E-state index contributed by atoms with van der Waals surface area (Å²) >= 11 is 5.00. The van der Waals surface area contributed by atoms with E-state index in [1.165, 1.54) is 18.2 Å². The van der Waals surface area contributed by atoms with Crippen LogP contribution in [0, 0.1) is 18.6 Å². The average Bonchev–Trinajstić information content (AvgIpc) is 2.72. The summed E-state index contributed by atoms with van der Waals surface area (Å²) in [5.41, 5.74) is 1.01. The molecule has 1 N–H and O–H groups in total. The first kappa shape index (κ1) is 15.6. The van der Waals surface area contributed by atoms with Crippen LogP contribution in [0.1, 0.15) is 35.4 Å². The second kappa shape index (κ2) is 6.78. The normalized spacial score (nSPS) is 12.7. The molecule has 0 bridgehead atoms. The summed E-state index contributed by atoms with van der Waals surface area (Å²) in [5.74, 6) is -1.03. The molecule has 1 atom stereocenters. The maximum absolute atomic E-state index is 14.1. The number of rotatable bonds is 5. The molecule has 1 nitrogen and oxygen atoms in total. The van der Waals surface area contributed by atoms with Gasteiger partial charge in [-0.3, -0.25) is 0 Å². The fourth-order valence-electron chi connectivity index (χ4n) is 2.19. The van der Waals surface area contributed by atoms with E-state index in [1.54, 1.807) is 11.3 Å². The molecular weight excluding hydrogens is 344 g/mol. The summed E-state index contributed by atoms with van der Waals surface area (Å²) in [5, 5.41) is 3.24. The Labute approximate surface area is 130 Å². The molecule has 20 heavy (non-hydrogen) atoms. The smallest absolute Gasteiger partial charge is 0.131 e. The highest BCUT2D eigenvalue weighted by atomic mass is 79.9. The quantitative estimate of drug-likeness (QED) is 0.774. The van der Waals surface area contributed by atoms with Crippen LogP contribution < -0.4 is 5.32 Å². The van der Waals surface area contributed by atoms with Gasteiger partial charge in [-0.05, 0) is 59.6 Å². The van der Waals surface area contributed by atoms with Gasteiger partial charge in [0.25, 0.3) is 0 Å². The van der Waals surface area contributed by atoms with Crippen molar-refractivity contribution in [1.29, 1.82) is 0 Å². The van der Waals surface area contributed by atoms with Crippen LogP contribution in [-0.2, 0) is 0 Å². The van der Waals surface area contributed by atoms with Crippen molar-refractivity contribution in [3.63, 3.8) is 0 Å². The first-order valence-electron chi connectivity index (χ1n) is 6.47. The van der Waals surface area contributed by atoms with Gasteiger partial charge in [-0.25, -0.2) is 8.78 Å². The molecule has 108 valence electrons. The Morgan fingerprint density at radius 1 is 1.30 bits per heavy atom. The Hall–Kier alpha value is -0.780. The summed E-state index contributed by atoms with van der Waals surface area (Å²) in [4.78, 5) is 1.05. The lowest BCUT2D eigenvalue weighted by atomic mass is 9.98. The molecule has 0 saturated carbocycles. The summed E-state index contributed by atoms with van der Waals surface area (Å²) < 4.78 is 29.1. The van der Waals surface area contributed by atoms with Crippen molar-refractivity contribution in [1.82, 2.24) is 5.32 Å². The van der Waals surface area contributed by atoms with Crippen molar-refractivity contribution in [3.05, 3.63) is 55.7 Å². The van der Waals surface area contributed by atoms with Crippen LogP contribution in [0.3, 0.4) is 0 Å². The Morgan fingerprint density at radius 2 is 1.95 bits per heavy atom. The van der Waals surface area contributed by atoms with Crippen LogP contribution in [0.4, 0.5) is 8.78 Å². The van der Waals surface area contributed by atoms with Crippen LogP contribution in [0.2, 0.25) is 0 Å². The first-order chi connectivity index (χ1) is 9.54. The lowest BCUT2D eigenvalue weighted by molar-refractivity contribution is 0.503. The Morgan fingerprint density at radius 3 is 2.45 bits per heavy atom. The summed E-state index contributed by atoms with van der Waals surface area (Å²) in [7, 11) is 0. The Balaban J connectivity index is 2.50. The monoisotopic (exact) mass is 359 g/mol. The van der Waals surface area contributed by atoms with Crippen molar-refractivity contribution in [3.8, 4) is 0 Å². The molecule has 0 aliphatic carbocycles. The van der Waals surface area contributed by atoms with E-state index >= 15 is 0 Å². The SMILES string of the molecule is CCCNC(c1cc(Br)sc1C)c1c(F)cccc1F. The predicted molar refractivity (Wildman–Crippen MR) is 83.3 cm³/mol. The second-order valence-corrected chi connectivity index (χ2v) is 7.22. The van der Waals surface area contributed by atoms with E-state index in [0.29, 0.717) is 6.54 Å². The van der Waals surface area contributed by atoms with E-state index in [0.717, 1.165) is 20.6 Å². The van der Waals surface area contributed by atoms with Crippen LogP contribution in [0.25, 0.3) is 0 Å². The Bertz CT molecular complexity index is 577. The van der Waals surface area contributed by atoms with Crippen LogP contribution in [0.5, 0.6) is 0 Å². The fourth-order valence-corrected chi connectivity index (χ4v) is 3.94. The maximum Gasteiger partial charge on any atom is 0.131 e. The summed E-state index contributed by atoms with van der Waals surface area (Å²) in [6, 6.07) is 5.46. The number of nitrogens with one attached hydrogen (secondary N) is 1. The number of hydrogen-bond donors (Lipinski definition) is 1. The van der Waals surface area contributed by atoms with Gasteiger partial charge >= 0.3 is 0 Å². The molecular formula is C15H16BrF2NS. The minimum atomic E-state index is -0.514. The average molecular weight is 360 g/mol. The largest absolute Gasteiger partial charge is 0.306 e. The lowest BCUT2D eigenvalue weighted by Crippen LogP contribution is -2.25. The molecule has 2 rings (SSSR count). The van der Waals surface area contributed by atoms with E-state index in [-0.39, 0.29) is 5.56 Å². The maximum atomic E-state index is 14.1. The molecule has 0 radical (unpaired) electrons. The van der Waals surface area contributed by atoms with Crippen molar-refractivity contribution in [2.45, 2.75) is 26.3 Å². The minimum absolute atomic E-state index is 0.0920. The van der Waals surface area contributed by atoms with Crippen LogP contribution >= 0.6 is 27.3 Å². The van der Waals surface area contributed by atoms with Gasteiger partial charge < -0.3 is 5.32 Å². The predicted octanol–water partition coefficient (Wildman–Crippen LogP) is 5.19. The highest BCUT2D eigenvalue weighted by molar-refractivity contribution is 9.11. The molecule has 2 aromatic rings. The standard InChI is InChI=1S/C15H16BrF2NS/c1-3-7-19-15(10-8-13(16)20-9(10)2)14-11(17)5-4-6-12(14)18/h4-6,8,15,19H,3,7H2,1-2H3. The number of halogens is 3. The molecule has 0 amide bonds. The molecule has 1 unspecified atom stereocenters. The van der Waals surface area contributed by atoms with E-state index in [1.807, 2.05) is 19.9 Å². The molecule has 1 aromatic heterocycles. The number of hydrogen-bond acceptors (Lipinski definition) is 2. The van der Waals surface area contributed by atoms with Crippen molar-refractivity contribution >= 4 is 27.3 Å². The Kier molecular flexibility index (Phi) is 5.29. The van der Waals surface area contributed by atoms with Gasteiger partial charge in [-0.2, -0.15) is 0 Å². The van der Waals surface area contributed by atoms with Gasteiger partial charge in [0.15, 0.2) is 0 Å². The summed E-state index contributed by atoms with van der Waals surface area (Å²) in [6.07, 6.45) is 0.900. The van der Waals surface area contributed by atoms with Crippen LogP contribution in [0.15, 0.2) is 28.1 Å². The summed E-state index contributed by atoms with van der Waals surface area (Å²) in [6.45, 7) is 4.69. The molecule has 1 aromatic carbocycles. The van der Waals surface area contributed by atoms with E-state index in [9.17, 15) is 8.78 Å². The van der Waals surface area contributed by atoms with Crippen molar-refractivity contribution in [2.24, 2.45) is 0 Å². The van der Waals surface area contributed by atoms with Crippen molar-refractivity contribution < 1.29 is 8.78 Å². The van der Waals surface area contributed by atoms with E-state index in [4.69, 9.17) is 0 Å². The van der Waals surface area contributed by atoms with Gasteiger partial charge in [-0.15, -0.1) is 11.3 Å². The lowest BCUT2D eigenvalue weighted by Gasteiger charge is -2.20. The van der Waals surface area contributed by atoms with Gasteiger partial charge in [0, 0.05) is 10.4 Å². The fraction of sp³-hybridized carbons (Fsp3) is 0.333. The third-order valence-corrected chi connectivity index (χ3v) is 4.69. The first-order valence-corrected chi connectivity index (χ1v) is 8.08. The van der Waals surface area contributed by atoms with Gasteiger partial charge in [0.2, 0.25) is 0 Å². The third-order valence-electron chi connectivity index (χ3n) is 3.12. The number of thiophene rings is 1. The van der Waals surface area contributed by atoms with E-state index < -0.39 is 17.7 Å². The highest BCUT2D eigenvalue weighted by Crippen LogP contribution is 2.35. The minimum Gasteiger partial charge on any atom is -0.306 e. The zero-order valence-corrected chi connectivity index (χ0v) is 13.7. The highest BCUT2D eigenvalue weighted by Gasteiger charge is 2.24.